The molecule has 0 fully saturated rings. The van der Waals surface area contributed by atoms with Gasteiger partial charge in [0.15, 0.2) is 0 Å². The largest absolute Gasteiger partial charge is 0.310 e. The number of para-hydroxylation sites is 3. The molecular formula is C48H32N2S2. The molecule has 0 unspecified atom stereocenters. The topological polar surface area (TPSA) is 6.48 Å². The average molecular weight is 701 g/mol. The Hall–Kier alpha value is -6.20. The van der Waals surface area contributed by atoms with Gasteiger partial charge in [0.2, 0.25) is 0 Å². The number of thiophene rings is 2. The summed E-state index contributed by atoms with van der Waals surface area (Å²) in [6, 6.07) is 70.3. The third-order valence-electron chi connectivity index (χ3n) is 9.83. The summed E-state index contributed by atoms with van der Waals surface area (Å²) in [4.78, 5) is 4.74. The van der Waals surface area contributed by atoms with Crippen molar-refractivity contribution in [2.24, 2.45) is 0 Å². The molecule has 2 nitrogen and oxygen atoms in total. The lowest BCUT2D eigenvalue weighted by Gasteiger charge is -2.26. The van der Waals surface area contributed by atoms with E-state index < -0.39 is 0 Å². The summed E-state index contributed by atoms with van der Waals surface area (Å²) < 4.78 is 5.20. The lowest BCUT2D eigenvalue weighted by Crippen LogP contribution is -2.09. The van der Waals surface area contributed by atoms with Crippen molar-refractivity contribution in [3.05, 3.63) is 194 Å². The Labute approximate surface area is 310 Å². The summed E-state index contributed by atoms with van der Waals surface area (Å²) in [6.07, 6.45) is 0. The van der Waals surface area contributed by atoms with Crippen LogP contribution in [-0.2, 0) is 0 Å². The smallest absolute Gasteiger partial charge is 0.0554 e. The summed E-state index contributed by atoms with van der Waals surface area (Å²) in [5, 5.41) is 5.16. The van der Waals surface area contributed by atoms with Crippen LogP contribution in [0.25, 0.3) is 51.5 Å². The maximum atomic E-state index is 2.38. The molecule has 10 aromatic rings. The van der Waals surface area contributed by atoms with Crippen LogP contribution in [0.15, 0.2) is 194 Å². The molecule has 0 spiro atoms. The fourth-order valence-corrected chi connectivity index (χ4v) is 9.63. The minimum Gasteiger partial charge on any atom is -0.310 e. The van der Waals surface area contributed by atoms with E-state index in [1.165, 1.54) is 57.2 Å². The quantitative estimate of drug-likeness (QED) is 0.163. The van der Waals surface area contributed by atoms with Crippen LogP contribution >= 0.6 is 22.7 Å². The summed E-state index contributed by atoms with van der Waals surface area (Å²) in [7, 11) is 0. The molecule has 10 rings (SSSR count). The number of anilines is 6. The van der Waals surface area contributed by atoms with Crippen LogP contribution in [0.3, 0.4) is 0 Å². The van der Waals surface area contributed by atoms with Crippen molar-refractivity contribution in [2.45, 2.75) is 0 Å². The minimum atomic E-state index is 1.12. The van der Waals surface area contributed by atoms with Crippen molar-refractivity contribution in [1.29, 1.82) is 0 Å². The Morgan fingerprint density at radius 1 is 0.288 bits per heavy atom. The second-order valence-corrected chi connectivity index (χ2v) is 15.1. The lowest BCUT2D eigenvalue weighted by molar-refractivity contribution is 1.29. The SMILES string of the molecule is c1ccc(N(c2ccc(-c3ccc4sc5cccc(N(c6ccccc6)c6ccccc6)c5c4c3)cc2)c2ccc3sc4ccccc4c3c2)cc1. The Morgan fingerprint density at radius 2 is 0.788 bits per heavy atom. The van der Waals surface area contributed by atoms with Crippen molar-refractivity contribution in [3.63, 3.8) is 0 Å². The van der Waals surface area contributed by atoms with Gasteiger partial charge in [-0.05, 0) is 108 Å². The van der Waals surface area contributed by atoms with Gasteiger partial charge in [-0.25, -0.2) is 0 Å². The molecule has 0 aliphatic heterocycles. The molecule has 0 N–H and O–H groups in total. The Kier molecular flexibility index (Phi) is 7.56. The molecule has 246 valence electrons. The number of benzene rings is 8. The van der Waals surface area contributed by atoms with E-state index in [9.17, 15) is 0 Å². The fourth-order valence-electron chi connectivity index (χ4n) is 7.44. The summed E-state index contributed by atoms with van der Waals surface area (Å²) in [6.45, 7) is 0. The lowest BCUT2D eigenvalue weighted by atomic mass is 10.0. The summed E-state index contributed by atoms with van der Waals surface area (Å²) in [5.41, 5.74) is 9.27. The van der Waals surface area contributed by atoms with E-state index in [4.69, 9.17) is 0 Å². The first kappa shape index (κ1) is 30.6. The maximum Gasteiger partial charge on any atom is 0.0554 e. The second-order valence-electron chi connectivity index (χ2n) is 13.0. The zero-order chi connectivity index (χ0) is 34.4. The standard InChI is InChI=1S/C48H32N2S2/c1-4-13-35(14-5-1)49(39-28-30-45-41(32-39)40-19-10-11-21-44(40)51-45)38-26-23-33(24-27-38)34-25-29-46-42(31-34)48-43(20-12-22-47(48)52-46)50(36-15-6-2-7-16-36)37-17-8-3-9-18-37/h1-32H. The fraction of sp³-hybridized carbons (Fsp3) is 0. The normalized spacial score (nSPS) is 11.5. The predicted octanol–water partition coefficient (Wildman–Crippen LogP) is 15.0. The number of hydrogen-bond donors (Lipinski definition) is 0. The van der Waals surface area contributed by atoms with Crippen LogP contribution in [0.5, 0.6) is 0 Å². The highest BCUT2D eigenvalue weighted by Crippen LogP contribution is 2.46. The minimum absolute atomic E-state index is 1.12. The van der Waals surface area contributed by atoms with Crippen molar-refractivity contribution in [2.75, 3.05) is 9.80 Å². The van der Waals surface area contributed by atoms with Crippen LogP contribution in [0.1, 0.15) is 0 Å². The molecule has 0 saturated heterocycles. The van der Waals surface area contributed by atoms with Gasteiger partial charge in [-0.15, -0.1) is 22.7 Å². The van der Waals surface area contributed by atoms with E-state index in [0.29, 0.717) is 0 Å². The van der Waals surface area contributed by atoms with Crippen molar-refractivity contribution in [1.82, 2.24) is 0 Å². The molecule has 2 aromatic heterocycles. The van der Waals surface area contributed by atoms with E-state index >= 15 is 0 Å². The Bertz CT molecular complexity index is 2800. The highest BCUT2D eigenvalue weighted by molar-refractivity contribution is 7.26. The molecule has 0 radical (unpaired) electrons. The van der Waals surface area contributed by atoms with Crippen LogP contribution in [0.2, 0.25) is 0 Å². The van der Waals surface area contributed by atoms with Crippen LogP contribution in [0, 0.1) is 0 Å². The first-order chi connectivity index (χ1) is 25.8. The van der Waals surface area contributed by atoms with Gasteiger partial charge < -0.3 is 9.80 Å². The molecule has 0 aliphatic carbocycles. The van der Waals surface area contributed by atoms with E-state index in [1.54, 1.807) is 0 Å². The molecule has 0 amide bonds. The van der Waals surface area contributed by atoms with Crippen LogP contribution in [-0.4, -0.2) is 0 Å². The van der Waals surface area contributed by atoms with E-state index in [-0.39, 0.29) is 0 Å². The van der Waals surface area contributed by atoms with E-state index in [1.807, 2.05) is 22.7 Å². The average Bonchev–Trinajstić information content (AvgIpc) is 3.78. The van der Waals surface area contributed by atoms with Gasteiger partial charge in [-0.1, -0.05) is 97.1 Å². The molecule has 52 heavy (non-hydrogen) atoms. The monoisotopic (exact) mass is 700 g/mol. The van der Waals surface area contributed by atoms with Gasteiger partial charge in [0.25, 0.3) is 0 Å². The number of hydrogen-bond acceptors (Lipinski definition) is 4. The van der Waals surface area contributed by atoms with E-state index in [0.717, 1.165) is 28.4 Å². The number of rotatable bonds is 7. The van der Waals surface area contributed by atoms with Crippen molar-refractivity contribution < 1.29 is 0 Å². The van der Waals surface area contributed by atoms with Gasteiger partial charge in [0.05, 0.1) is 5.69 Å². The highest BCUT2D eigenvalue weighted by atomic mass is 32.1. The molecule has 4 heteroatoms. The molecule has 8 aromatic carbocycles. The van der Waals surface area contributed by atoms with Gasteiger partial charge in [0, 0.05) is 68.8 Å². The van der Waals surface area contributed by atoms with Crippen LogP contribution in [0.4, 0.5) is 34.1 Å². The molecule has 0 saturated carbocycles. The van der Waals surface area contributed by atoms with Crippen LogP contribution < -0.4 is 9.80 Å². The third-order valence-corrected chi connectivity index (χ3v) is 12.1. The first-order valence-corrected chi connectivity index (χ1v) is 19.1. The zero-order valence-corrected chi connectivity index (χ0v) is 29.8. The number of fused-ring (bicyclic) bond motifs is 6. The first-order valence-electron chi connectivity index (χ1n) is 17.5. The Morgan fingerprint density at radius 3 is 1.50 bits per heavy atom. The molecule has 0 aliphatic rings. The predicted molar refractivity (Wildman–Crippen MR) is 227 cm³/mol. The summed E-state index contributed by atoms with van der Waals surface area (Å²) >= 11 is 3.71. The van der Waals surface area contributed by atoms with Gasteiger partial charge in [-0.2, -0.15) is 0 Å². The van der Waals surface area contributed by atoms with Crippen molar-refractivity contribution in [3.8, 4) is 11.1 Å². The van der Waals surface area contributed by atoms with Gasteiger partial charge in [-0.3, -0.25) is 0 Å². The van der Waals surface area contributed by atoms with Gasteiger partial charge >= 0.3 is 0 Å². The molecule has 2 heterocycles. The van der Waals surface area contributed by atoms with E-state index in [2.05, 4.69) is 204 Å². The molecular weight excluding hydrogens is 669 g/mol. The molecule has 0 bridgehead atoms. The Balaban J connectivity index is 1.07. The maximum absolute atomic E-state index is 2.38. The van der Waals surface area contributed by atoms with Crippen molar-refractivity contribution >= 4 is 97.1 Å². The van der Waals surface area contributed by atoms with Gasteiger partial charge in [0.1, 0.15) is 0 Å². The molecule has 0 atom stereocenters. The summed E-state index contributed by atoms with van der Waals surface area (Å²) in [5.74, 6) is 0. The number of nitrogens with zero attached hydrogens (tertiary/aromatic N) is 2. The third kappa shape index (κ3) is 5.32. The second kappa shape index (κ2) is 12.8. The zero-order valence-electron chi connectivity index (χ0n) is 28.2. The highest BCUT2D eigenvalue weighted by Gasteiger charge is 2.19.